The first-order chi connectivity index (χ1) is 10.6. The first-order valence-electron chi connectivity index (χ1n) is 5.92. The van der Waals surface area contributed by atoms with Gasteiger partial charge in [-0.1, -0.05) is 29.4 Å². The molecule has 0 aliphatic carbocycles. The minimum absolute atomic E-state index is 0.176. The molecular weight excluding hydrogens is 332 g/mol. The monoisotopic (exact) mass is 339 g/mol. The number of amides is 1. The fraction of sp³-hybridized carbons (Fsp3) is 0.250. The maximum absolute atomic E-state index is 12.3. The number of nitrogens with one attached hydrogen (secondary N) is 1. The van der Waals surface area contributed by atoms with Gasteiger partial charge in [0.25, 0.3) is 0 Å². The highest BCUT2D eigenvalue weighted by atomic mass is 19.4. The van der Waals surface area contributed by atoms with E-state index in [0.717, 1.165) is 0 Å². The molecule has 0 unspecified atom stereocenters. The van der Waals surface area contributed by atoms with Gasteiger partial charge in [-0.25, -0.2) is 0 Å². The smallest absolute Gasteiger partial charge is 0.344 e. The molecule has 1 N–H and O–H groups in total. The lowest BCUT2D eigenvalue weighted by atomic mass is 10.1. The van der Waals surface area contributed by atoms with Crippen molar-refractivity contribution in [3.63, 3.8) is 0 Å². The maximum atomic E-state index is 12.3. The van der Waals surface area contributed by atoms with Gasteiger partial charge in [0.05, 0.1) is 0 Å². The molecule has 0 bridgehead atoms. The van der Waals surface area contributed by atoms with E-state index in [1.165, 1.54) is 24.3 Å². The molecule has 2 rings (SSSR count). The van der Waals surface area contributed by atoms with Gasteiger partial charge in [0, 0.05) is 12.1 Å². The Morgan fingerprint density at radius 3 is 2.17 bits per heavy atom. The van der Waals surface area contributed by atoms with Crippen molar-refractivity contribution in [1.29, 1.82) is 0 Å². The fourth-order valence-corrected chi connectivity index (χ4v) is 1.51. The van der Waals surface area contributed by atoms with Crippen LogP contribution in [0.3, 0.4) is 0 Å². The molecule has 0 fully saturated rings. The number of halogens is 6. The minimum Gasteiger partial charge on any atom is -0.344 e. The predicted octanol–water partition coefficient (Wildman–Crippen LogP) is 2.93. The zero-order valence-electron chi connectivity index (χ0n) is 11.0. The molecule has 2 aromatic rings. The molecule has 124 valence electrons. The summed E-state index contributed by atoms with van der Waals surface area (Å²) in [6, 6.07) is 5.21. The molecule has 11 heteroatoms. The van der Waals surface area contributed by atoms with Crippen LogP contribution in [0.5, 0.6) is 0 Å². The first-order valence-corrected chi connectivity index (χ1v) is 5.92. The number of carbonyl (C=O) groups excluding carboxylic acids is 1. The lowest BCUT2D eigenvalue weighted by molar-refractivity contribution is -0.173. The van der Waals surface area contributed by atoms with Crippen LogP contribution >= 0.6 is 0 Å². The van der Waals surface area contributed by atoms with E-state index in [4.69, 9.17) is 0 Å². The number of carbonyl (C=O) groups is 1. The summed E-state index contributed by atoms with van der Waals surface area (Å²) in [7, 11) is 0. The van der Waals surface area contributed by atoms with Gasteiger partial charge in [0.15, 0.2) is 0 Å². The summed E-state index contributed by atoms with van der Waals surface area (Å²) >= 11 is 0. The third-order valence-corrected chi connectivity index (χ3v) is 2.59. The van der Waals surface area contributed by atoms with Crippen LogP contribution in [0.2, 0.25) is 0 Å². The quantitative estimate of drug-likeness (QED) is 0.873. The van der Waals surface area contributed by atoms with E-state index in [2.05, 4.69) is 14.7 Å². The van der Waals surface area contributed by atoms with Gasteiger partial charge in [0.1, 0.15) is 0 Å². The lowest BCUT2D eigenvalue weighted by Crippen LogP contribution is -2.36. The number of nitrogens with zero attached hydrogens (tertiary/aromatic N) is 2. The normalized spacial score (nSPS) is 12.3. The molecule has 0 saturated carbocycles. The Labute approximate surface area is 124 Å². The van der Waals surface area contributed by atoms with E-state index < -0.39 is 30.7 Å². The summed E-state index contributed by atoms with van der Waals surface area (Å²) in [6.45, 7) is -0.390. The van der Waals surface area contributed by atoms with Crippen molar-refractivity contribution < 1.29 is 35.7 Å². The van der Waals surface area contributed by atoms with E-state index in [9.17, 15) is 31.1 Å². The third kappa shape index (κ3) is 4.20. The van der Waals surface area contributed by atoms with Gasteiger partial charge in [-0.15, -0.1) is 0 Å². The third-order valence-electron chi connectivity index (χ3n) is 2.59. The van der Waals surface area contributed by atoms with E-state index in [0.29, 0.717) is 5.56 Å². The highest BCUT2D eigenvalue weighted by Crippen LogP contribution is 2.29. The van der Waals surface area contributed by atoms with Crippen LogP contribution in [-0.4, -0.2) is 22.2 Å². The molecule has 1 aromatic carbocycles. The standard InChI is InChI=1S/C12H7F6N3O2/c13-11(14,15)9(22)19-5-6-1-3-7(4-2-6)8-20-10(23-21-8)12(16,17)18/h1-4H,5H2,(H,19,22). The summed E-state index contributed by atoms with van der Waals surface area (Å²) in [5.74, 6) is -3.91. The summed E-state index contributed by atoms with van der Waals surface area (Å²) in [5, 5.41) is 4.82. The van der Waals surface area contributed by atoms with Crippen molar-refractivity contribution in [2.45, 2.75) is 18.9 Å². The number of aromatic nitrogens is 2. The Morgan fingerprint density at radius 1 is 1.09 bits per heavy atom. The highest BCUT2D eigenvalue weighted by Gasteiger charge is 2.39. The van der Waals surface area contributed by atoms with Gasteiger partial charge in [-0.2, -0.15) is 31.3 Å². The van der Waals surface area contributed by atoms with Crippen molar-refractivity contribution in [2.75, 3.05) is 0 Å². The highest BCUT2D eigenvalue weighted by molar-refractivity contribution is 5.81. The first kappa shape index (κ1) is 16.8. The number of benzene rings is 1. The number of alkyl halides is 6. The molecular formula is C12H7F6N3O2. The van der Waals surface area contributed by atoms with E-state index in [-0.39, 0.29) is 11.4 Å². The van der Waals surface area contributed by atoms with Crippen LogP contribution in [0.15, 0.2) is 28.8 Å². The lowest BCUT2D eigenvalue weighted by Gasteiger charge is -2.07. The average Bonchev–Trinajstić information content (AvgIpc) is 2.94. The van der Waals surface area contributed by atoms with Crippen LogP contribution in [0, 0.1) is 0 Å². The van der Waals surface area contributed by atoms with Crippen LogP contribution in [0.4, 0.5) is 26.3 Å². The molecule has 5 nitrogen and oxygen atoms in total. The van der Waals surface area contributed by atoms with Gasteiger partial charge in [-0.3, -0.25) is 4.79 Å². The maximum Gasteiger partial charge on any atom is 0.471 e. The molecule has 1 amide bonds. The van der Waals surface area contributed by atoms with Crippen LogP contribution in [-0.2, 0) is 17.5 Å². The second-order valence-electron chi connectivity index (χ2n) is 4.30. The molecule has 0 atom stereocenters. The molecule has 23 heavy (non-hydrogen) atoms. The molecule has 1 heterocycles. The zero-order chi connectivity index (χ0) is 17.3. The Bertz CT molecular complexity index is 690. The molecule has 1 aromatic heterocycles. The van der Waals surface area contributed by atoms with Gasteiger partial charge >= 0.3 is 24.2 Å². The fourth-order valence-electron chi connectivity index (χ4n) is 1.51. The summed E-state index contributed by atoms with van der Waals surface area (Å²) < 4.78 is 77.1. The molecule has 0 aliphatic heterocycles. The van der Waals surface area contributed by atoms with Gasteiger partial charge in [-0.05, 0) is 5.56 Å². The van der Waals surface area contributed by atoms with E-state index >= 15 is 0 Å². The van der Waals surface area contributed by atoms with Gasteiger partial charge < -0.3 is 9.84 Å². The van der Waals surface area contributed by atoms with E-state index in [1.807, 2.05) is 0 Å². The van der Waals surface area contributed by atoms with Crippen molar-refractivity contribution >= 4 is 5.91 Å². The Balaban J connectivity index is 2.05. The molecule has 0 radical (unpaired) electrons. The SMILES string of the molecule is O=C(NCc1ccc(-c2noc(C(F)(F)F)n2)cc1)C(F)(F)F. The molecule has 0 aliphatic rings. The minimum atomic E-state index is -4.99. The average molecular weight is 339 g/mol. The molecule has 0 spiro atoms. The number of hydrogen-bond donors (Lipinski definition) is 1. The Kier molecular flexibility index (Phi) is 4.30. The predicted molar refractivity (Wildman–Crippen MR) is 62.6 cm³/mol. The van der Waals surface area contributed by atoms with E-state index in [1.54, 1.807) is 5.32 Å². The summed E-state index contributed by atoms with van der Waals surface area (Å²) in [4.78, 5) is 13.8. The second-order valence-corrected chi connectivity index (χ2v) is 4.30. The Hall–Kier alpha value is -2.59. The van der Waals surface area contributed by atoms with Crippen molar-refractivity contribution in [3.05, 3.63) is 35.7 Å². The largest absolute Gasteiger partial charge is 0.471 e. The summed E-state index contributed by atoms with van der Waals surface area (Å²) in [5.41, 5.74) is 0.487. The zero-order valence-corrected chi connectivity index (χ0v) is 11.0. The Morgan fingerprint density at radius 2 is 1.70 bits per heavy atom. The molecule has 0 saturated heterocycles. The van der Waals surface area contributed by atoms with Crippen molar-refractivity contribution in [3.8, 4) is 11.4 Å². The number of hydrogen-bond acceptors (Lipinski definition) is 4. The van der Waals surface area contributed by atoms with Crippen LogP contribution < -0.4 is 5.32 Å². The van der Waals surface area contributed by atoms with Gasteiger partial charge in [0.2, 0.25) is 5.82 Å². The number of rotatable bonds is 3. The van der Waals surface area contributed by atoms with Crippen LogP contribution in [0.25, 0.3) is 11.4 Å². The summed E-state index contributed by atoms with van der Waals surface area (Å²) in [6.07, 6.45) is -9.76. The second kappa shape index (κ2) is 5.89. The van der Waals surface area contributed by atoms with Crippen LogP contribution in [0.1, 0.15) is 11.5 Å². The topological polar surface area (TPSA) is 68.0 Å². The van der Waals surface area contributed by atoms with Crippen molar-refractivity contribution in [1.82, 2.24) is 15.5 Å². The van der Waals surface area contributed by atoms with Crippen molar-refractivity contribution in [2.24, 2.45) is 0 Å².